The molecule has 1 amide bonds. The lowest BCUT2D eigenvalue weighted by Crippen LogP contribution is -2.51. The summed E-state index contributed by atoms with van der Waals surface area (Å²) in [7, 11) is 3.18. The zero-order valence-corrected chi connectivity index (χ0v) is 15.7. The van der Waals surface area contributed by atoms with E-state index in [0.29, 0.717) is 25.0 Å². The highest BCUT2D eigenvalue weighted by Gasteiger charge is 2.22. The summed E-state index contributed by atoms with van der Waals surface area (Å²) in [5.74, 6) is -0.424. The number of nitrogens with zero attached hydrogens (tertiary/aromatic N) is 4. The maximum atomic E-state index is 12.5. The summed E-state index contributed by atoms with van der Waals surface area (Å²) >= 11 is 0. The third-order valence-corrected chi connectivity index (χ3v) is 4.55. The topological polar surface area (TPSA) is 117 Å². The second kappa shape index (κ2) is 7.83. The quantitative estimate of drug-likeness (QED) is 0.708. The number of nitrogens with two attached hydrogens (primary N) is 1. The number of nitrogens with one attached hydrogen (secondary N) is 1. The minimum Gasteiger partial charge on any atom is -0.353 e. The fourth-order valence-electron chi connectivity index (χ4n) is 2.51. The first-order chi connectivity index (χ1) is 11.2. The molecule has 0 aliphatic rings. The van der Waals surface area contributed by atoms with Gasteiger partial charge in [0.1, 0.15) is 6.54 Å². The highest BCUT2D eigenvalue weighted by Crippen LogP contribution is 2.09. The number of fused-ring (bicyclic) bond motifs is 1. The second-order valence-electron chi connectivity index (χ2n) is 6.11. The van der Waals surface area contributed by atoms with Crippen molar-refractivity contribution in [2.45, 2.75) is 38.8 Å². The summed E-state index contributed by atoms with van der Waals surface area (Å²) in [6.07, 6.45) is 2.89. The molecule has 10 heteroatoms. The van der Waals surface area contributed by atoms with E-state index in [0.717, 1.165) is 4.57 Å². The van der Waals surface area contributed by atoms with E-state index in [4.69, 9.17) is 5.73 Å². The van der Waals surface area contributed by atoms with Crippen LogP contribution >= 0.6 is 12.4 Å². The predicted octanol–water partition coefficient (Wildman–Crippen LogP) is -0.511. The van der Waals surface area contributed by atoms with Crippen LogP contribution < -0.4 is 22.3 Å². The normalized spacial score (nSPS) is 11.4. The molecule has 0 saturated heterocycles. The highest BCUT2D eigenvalue weighted by atomic mass is 35.5. The van der Waals surface area contributed by atoms with Crippen molar-refractivity contribution in [3.8, 4) is 0 Å². The molecular weight excluding hydrogens is 348 g/mol. The molecule has 0 aliphatic heterocycles. The van der Waals surface area contributed by atoms with Gasteiger partial charge in [-0.3, -0.25) is 14.2 Å². The molecule has 0 saturated carbocycles. The van der Waals surface area contributed by atoms with E-state index in [-0.39, 0.29) is 24.5 Å². The lowest BCUT2D eigenvalue weighted by atomic mass is 9.94. The minimum atomic E-state index is -0.577. The van der Waals surface area contributed by atoms with Crippen molar-refractivity contribution in [2.75, 3.05) is 6.54 Å². The summed E-state index contributed by atoms with van der Waals surface area (Å²) in [6, 6.07) is 0. The SMILES string of the molecule is CCC(N)(CC)CNC(=O)Cn1c(=O)c2c(ncn2C)n(C)c1=O.Cl. The maximum Gasteiger partial charge on any atom is 0.332 e. The molecular formula is C15H25ClN6O3. The van der Waals surface area contributed by atoms with Crippen LogP contribution in [0, 0.1) is 0 Å². The summed E-state index contributed by atoms with van der Waals surface area (Å²) < 4.78 is 3.70. The molecule has 2 aromatic rings. The predicted molar refractivity (Wildman–Crippen MR) is 98.0 cm³/mol. The van der Waals surface area contributed by atoms with E-state index < -0.39 is 22.7 Å². The van der Waals surface area contributed by atoms with Crippen LogP contribution in [0.25, 0.3) is 11.2 Å². The van der Waals surface area contributed by atoms with Crippen LogP contribution in [-0.2, 0) is 25.4 Å². The van der Waals surface area contributed by atoms with Gasteiger partial charge in [-0.15, -0.1) is 12.4 Å². The van der Waals surface area contributed by atoms with Gasteiger partial charge in [0.2, 0.25) is 5.91 Å². The molecule has 2 heterocycles. The zero-order chi connectivity index (χ0) is 18.1. The Morgan fingerprint density at radius 3 is 2.44 bits per heavy atom. The molecule has 0 atom stereocenters. The fourth-order valence-corrected chi connectivity index (χ4v) is 2.51. The standard InChI is InChI=1S/C15H24N6O3.ClH/c1-5-15(16,6-2)8-17-10(22)7-21-13(23)11-12(18-9-19(11)3)20(4)14(21)24;/h9H,5-8,16H2,1-4H3,(H,17,22);1H. The largest absolute Gasteiger partial charge is 0.353 e. The molecule has 9 nitrogen and oxygen atoms in total. The Balaban J connectivity index is 0.00000312. The monoisotopic (exact) mass is 372 g/mol. The molecule has 140 valence electrons. The Morgan fingerprint density at radius 1 is 1.28 bits per heavy atom. The van der Waals surface area contributed by atoms with Gasteiger partial charge in [0.15, 0.2) is 11.2 Å². The van der Waals surface area contributed by atoms with Crippen LogP contribution in [0.5, 0.6) is 0 Å². The van der Waals surface area contributed by atoms with E-state index >= 15 is 0 Å². The first-order valence-electron chi connectivity index (χ1n) is 7.90. The number of halogens is 1. The third kappa shape index (κ3) is 3.93. The molecule has 0 aliphatic carbocycles. The third-order valence-electron chi connectivity index (χ3n) is 4.55. The van der Waals surface area contributed by atoms with Gasteiger partial charge in [0.05, 0.1) is 6.33 Å². The van der Waals surface area contributed by atoms with Crippen molar-refractivity contribution in [3.63, 3.8) is 0 Å². The van der Waals surface area contributed by atoms with Crippen molar-refractivity contribution < 1.29 is 4.79 Å². The van der Waals surface area contributed by atoms with Crippen LogP contribution in [0.1, 0.15) is 26.7 Å². The van der Waals surface area contributed by atoms with Crippen LogP contribution in [0.2, 0.25) is 0 Å². The number of rotatable bonds is 6. The van der Waals surface area contributed by atoms with Gasteiger partial charge in [-0.2, -0.15) is 0 Å². The fraction of sp³-hybridized carbons (Fsp3) is 0.600. The Labute approximate surface area is 151 Å². The van der Waals surface area contributed by atoms with Crippen molar-refractivity contribution in [2.24, 2.45) is 19.8 Å². The van der Waals surface area contributed by atoms with Gasteiger partial charge in [-0.1, -0.05) is 13.8 Å². The Hall–Kier alpha value is -2.13. The number of aryl methyl sites for hydroxylation is 2. The van der Waals surface area contributed by atoms with E-state index in [1.54, 1.807) is 7.05 Å². The number of aromatic nitrogens is 4. The number of carbonyl (C=O) groups excluding carboxylic acids is 1. The van der Waals surface area contributed by atoms with Gasteiger partial charge >= 0.3 is 5.69 Å². The smallest absolute Gasteiger partial charge is 0.332 e. The first kappa shape index (κ1) is 20.9. The highest BCUT2D eigenvalue weighted by molar-refractivity contribution is 5.85. The van der Waals surface area contributed by atoms with Crippen LogP contribution in [-0.4, -0.2) is 36.7 Å². The summed E-state index contributed by atoms with van der Waals surface area (Å²) in [5, 5.41) is 2.71. The number of carbonyl (C=O) groups is 1. The Bertz CT molecular complexity index is 878. The molecule has 0 aromatic carbocycles. The molecule has 0 unspecified atom stereocenters. The molecule has 0 spiro atoms. The number of hydrogen-bond donors (Lipinski definition) is 2. The average molecular weight is 373 g/mol. The Morgan fingerprint density at radius 2 is 1.88 bits per heavy atom. The summed E-state index contributed by atoms with van der Waals surface area (Å²) in [6.45, 7) is 3.84. The van der Waals surface area contributed by atoms with E-state index in [2.05, 4.69) is 10.3 Å². The van der Waals surface area contributed by atoms with Gasteiger partial charge in [-0.05, 0) is 12.8 Å². The van der Waals surface area contributed by atoms with E-state index in [9.17, 15) is 14.4 Å². The zero-order valence-electron chi connectivity index (χ0n) is 14.9. The molecule has 2 aromatic heterocycles. The average Bonchev–Trinajstić information content (AvgIpc) is 2.96. The first-order valence-corrected chi connectivity index (χ1v) is 7.90. The second-order valence-corrected chi connectivity index (χ2v) is 6.11. The minimum absolute atomic E-state index is 0. The number of hydrogen-bond acceptors (Lipinski definition) is 5. The molecule has 3 N–H and O–H groups in total. The molecule has 2 rings (SSSR count). The lowest BCUT2D eigenvalue weighted by Gasteiger charge is -2.26. The molecule has 0 bridgehead atoms. The van der Waals surface area contributed by atoms with Crippen LogP contribution in [0.4, 0.5) is 0 Å². The van der Waals surface area contributed by atoms with Crippen LogP contribution in [0.3, 0.4) is 0 Å². The summed E-state index contributed by atoms with van der Waals surface area (Å²) in [4.78, 5) is 41.1. The summed E-state index contributed by atoms with van der Waals surface area (Å²) in [5.41, 5.74) is 5.11. The molecule has 0 fully saturated rings. The van der Waals surface area contributed by atoms with Crippen molar-refractivity contribution in [1.29, 1.82) is 0 Å². The van der Waals surface area contributed by atoms with Gasteiger partial charge in [-0.25, -0.2) is 14.3 Å². The lowest BCUT2D eigenvalue weighted by molar-refractivity contribution is -0.122. The van der Waals surface area contributed by atoms with Crippen molar-refractivity contribution in [1.82, 2.24) is 24.0 Å². The molecule has 25 heavy (non-hydrogen) atoms. The van der Waals surface area contributed by atoms with Crippen molar-refractivity contribution >= 4 is 29.5 Å². The van der Waals surface area contributed by atoms with Gasteiger partial charge < -0.3 is 15.6 Å². The van der Waals surface area contributed by atoms with E-state index in [1.165, 1.54) is 22.5 Å². The van der Waals surface area contributed by atoms with Gasteiger partial charge in [0.25, 0.3) is 5.56 Å². The number of amides is 1. The van der Waals surface area contributed by atoms with Crippen LogP contribution in [0.15, 0.2) is 15.9 Å². The maximum absolute atomic E-state index is 12.5. The van der Waals surface area contributed by atoms with E-state index in [1.807, 2.05) is 13.8 Å². The molecule has 0 radical (unpaired) electrons. The van der Waals surface area contributed by atoms with Gasteiger partial charge in [0, 0.05) is 26.2 Å². The number of imidazole rings is 1. The Kier molecular flexibility index (Phi) is 6.55. The van der Waals surface area contributed by atoms with Crippen molar-refractivity contribution in [3.05, 3.63) is 27.2 Å².